The molecule has 2 aromatic heterocycles. The average molecular weight is 627 g/mol. The number of nitrogens with zero attached hydrogens (tertiary/aromatic N) is 5. The topological polar surface area (TPSA) is 95.5 Å². The summed E-state index contributed by atoms with van der Waals surface area (Å²) in [7, 11) is 8.43. The predicted octanol–water partition coefficient (Wildman–Crippen LogP) is 4.56. The fraction of sp³-hybridized carbons (Fsp3) is 0.829. The highest BCUT2D eigenvalue weighted by Gasteiger charge is 2.43. The lowest BCUT2D eigenvalue weighted by atomic mass is 9.80. The van der Waals surface area contributed by atoms with Crippen molar-refractivity contribution < 1.29 is 9.47 Å². The summed E-state index contributed by atoms with van der Waals surface area (Å²) >= 11 is 0. The van der Waals surface area contributed by atoms with Gasteiger partial charge in [0.25, 0.3) is 0 Å². The van der Waals surface area contributed by atoms with Crippen LogP contribution in [0.15, 0.2) is 12.4 Å². The van der Waals surface area contributed by atoms with Crippen molar-refractivity contribution >= 4 is 0 Å². The zero-order chi connectivity index (χ0) is 31.8. The minimum Gasteiger partial charge on any atom is -0.350 e. The second-order valence-electron chi connectivity index (χ2n) is 14.8. The van der Waals surface area contributed by atoms with Gasteiger partial charge >= 0.3 is 0 Å². The molecule has 10 nitrogen and oxygen atoms in total. The predicted molar refractivity (Wildman–Crippen MR) is 180 cm³/mol. The molecule has 3 aliphatic rings. The van der Waals surface area contributed by atoms with Gasteiger partial charge in [0.1, 0.15) is 0 Å². The molecule has 2 aliphatic carbocycles. The van der Waals surface area contributed by atoms with Crippen LogP contribution in [0.2, 0.25) is 0 Å². The lowest BCUT2D eigenvalue weighted by Crippen LogP contribution is -2.48. The highest BCUT2D eigenvalue weighted by molar-refractivity contribution is 5.23. The Morgan fingerprint density at radius 3 is 2.18 bits per heavy atom. The maximum absolute atomic E-state index is 6.60. The molecule has 1 spiro atoms. The summed E-state index contributed by atoms with van der Waals surface area (Å²) in [4.78, 5) is 4.78. The smallest absolute Gasteiger partial charge is 0.168 e. The van der Waals surface area contributed by atoms with Gasteiger partial charge in [-0.25, -0.2) is 0 Å². The first kappa shape index (κ1) is 34.5. The van der Waals surface area contributed by atoms with Crippen LogP contribution in [0.4, 0.5) is 0 Å². The maximum Gasteiger partial charge on any atom is 0.168 e. The summed E-state index contributed by atoms with van der Waals surface area (Å²) in [5, 5.41) is 19.5. The Hall–Kier alpha value is -1.82. The van der Waals surface area contributed by atoms with Crippen molar-refractivity contribution in [3.05, 3.63) is 34.9 Å². The van der Waals surface area contributed by atoms with Gasteiger partial charge in [0.2, 0.25) is 0 Å². The Bertz CT molecular complexity index is 1140. The lowest BCUT2D eigenvalue weighted by Gasteiger charge is -2.45. The molecule has 45 heavy (non-hydrogen) atoms. The van der Waals surface area contributed by atoms with E-state index in [9.17, 15) is 0 Å². The van der Waals surface area contributed by atoms with Gasteiger partial charge in [0.05, 0.1) is 25.1 Å². The summed E-state index contributed by atoms with van der Waals surface area (Å²) in [5.74, 6) is 2.32. The van der Waals surface area contributed by atoms with E-state index in [4.69, 9.17) is 14.6 Å². The summed E-state index contributed by atoms with van der Waals surface area (Å²) in [6, 6.07) is 0. The number of rotatable bonds is 15. The van der Waals surface area contributed by atoms with Crippen LogP contribution >= 0.6 is 0 Å². The first-order valence-electron chi connectivity index (χ1n) is 17.8. The zero-order valence-corrected chi connectivity index (χ0v) is 29.1. The first-order valence-corrected chi connectivity index (χ1v) is 17.8. The van der Waals surface area contributed by atoms with E-state index >= 15 is 0 Å². The minimum atomic E-state index is -0.418. The Morgan fingerprint density at radius 1 is 0.933 bits per heavy atom. The molecule has 1 saturated heterocycles. The van der Waals surface area contributed by atoms with Crippen LogP contribution in [-0.4, -0.2) is 103 Å². The van der Waals surface area contributed by atoms with E-state index in [0.717, 1.165) is 90.6 Å². The van der Waals surface area contributed by atoms with Crippen LogP contribution in [0.5, 0.6) is 0 Å². The van der Waals surface area contributed by atoms with Gasteiger partial charge < -0.3 is 29.9 Å². The maximum atomic E-state index is 6.60. The fourth-order valence-corrected chi connectivity index (χ4v) is 7.73. The summed E-state index contributed by atoms with van der Waals surface area (Å²) in [6.07, 6.45) is 13.5. The largest absolute Gasteiger partial charge is 0.350 e. The van der Waals surface area contributed by atoms with E-state index in [2.05, 4.69) is 69.5 Å². The molecule has 2 saturated carbocycles. The number of aromatic amines is 1. The molecule has 0 amide bonds. The quantitative estimate of drug-likeness (QED) is 0.265. The van der Waals surface area contributed by atoms with Crippen molar-refractivity contribution in [2.45, 2.75) is 102 Å². The van der Waals surface area contributed by atoms with Crippen molar-refractivity contribution in [2.24, 2.45) is 17.8 Å². The summed E-state index contributed by atoms with van der Waals surface area (Å²) in [6.45, 7) is 13.1. The monoisotopic (exact) mass is 626 g/mol. The van der Waals surface area contributed by atoms with Crippen molar-refractivity contribution in [1.82, 2.24) is 40.4 Å². The Kier molecular flexibility index (Phi) is 12.5. The number of likely N-dealkylation sites (N-methyl/N-ethyl adjacent to an activating group) is 4. The highest BCUT2D eigenvalue weighted by Crippen LogP contribution is 2.43. The third-order valence-electron chi connectivity index (χ3n) is 10.9. The van der Waals surface area contributed by atoms with Gasteiger partial charge in [-0.05, 0) is 65.7 Å². The number of nitrogens with one attached hydrogen (secondary N) is 3. The normalized spacial score (nSPS) is 28.4. The van der Waals surface area contributed by atoms with E-state index < -0.39 is 5.79 Å². The van der Waals surface area contributed by atoms with Crippen molar-refractivity contribution in [3.63, 3.8) is 0 Å². The van der Waals surface area contributed by atoms with Crippen LogP contribution in [0.25, 0.3) is 0 Å². The van der Waals surface area contributed by atoms with Crippen LogP contribution in [0.3, 0.4) is 0 Å². The van der Waals surface area contributed by atoms with E-state index in [1.165, 1.54) is 48.2 Å². The number of ether oxygens (including phenoxy) is 2. The van der Waals surface area contributed by atoms with Gasteiger partial charge in [-0.15, -0.1) is 0 Å². The van der Waals surface area contributed by atoms with E-state index in [1.807, 2.05) is 20.3 Å². The first-order chi connectivity index (χ1) is 21.8. The molecule has 1 aliphatic heterocycles. The van der Waals surface area contributed by atoms with Crippen LogP contribution in [-0.2, 0) is 29.1 Å². The van der Waals surface area contributed by atoms with E-state index in [1.54, 1.807) is 0 Å². The third-order valence-corrected chi connectivity index (χ3v) is 10.9. The molecule has 1 unspecified atom stereocenters. The molecular formula is C35H62N8O2. The molecule has 0 bridgehead atoms. The van der Waals surface area contributed by atoms with Crippen LogP contribution < -0.4 is 10.6 Å². The van der Waals surface area contributed by atoms with E-state index in [-0.39, 0.29) is 0 Å². The summed E-state index contributed by atoms with van der Waals surface area (Å²) in [5.41, 5.74) is 5.39. The van der Waals surface area contributed by atoms with Crippen molar-refractivity contribution in [2.75, 3.05) is 67.6 Å². The molecule has 3 N–H and O–H groups in total. The second-order valence-corrected chi connectivity index (χ2v) is 14.8. The number of H-pyrrole nitrogens is 1. The van der Waals surface area contributed by atoms with Crippen molar-refractivity contribution in [1.29, 1.82) is 0 Å². The number of aromatic nitrogens is 4. The number of hydrogen-bond acceptors (Lipinski definition) is 8. The average Bonchev–Trinajstić information content (AvgIpc) is 3.66. The molecule has 10 heteroatoms. The Morgan fingerprint density at radius 2 is 1.56 bits per heavy atom. The molecule has 0 radical (unpaired) electrons. The molecule has 3 fully saturated rings. The van der Waals surface area contributed by atoms with Gasteiger partial charge in [0.15, 0.2) is 5.79 Å². The highest BCUT2D eigenvalue weighted by atomic mass is 16.7. The van der Waals surface area contributed by atoms with Gasteiger partial charge in [-0.3, -0.25) is 9.78 Å². The zero-order valence-electron chi connectivity index (χ0n) is 29.1. The van der Waals surface area contributed by atoms with Gasteiger partial charge in [0, 0.05) is 99.4 Å². The molecule has 254 valence electrons. The number of hydrogen-bond donors (Lipinski definition) is 3. The van der Waals surface area contributed by atoms with Gasteiger partial charge in [-0.1, -0.05) is 26.7 Å². The summed E-state index contributed by atoms with van der Waals surface area (Å²) < 4.78 is 15.4. The lowest BCUT2D eigenvalue weighted by molar-refractivity contribution is -0.300. The van der Waals surface area contributed by atoms with Crippen LogP contribution in [0, 0.1) is 17.8 Å². The molecule has 2 aromatic rings. The molecule has 5 rings (SSSR count). The molecule has 0 aromatic carbocycles. The Balaban J connectivity index is 1.13. The van der Waals surface area contributed by atoms with Crippen molar-refractivity contribution in [3.8, 4) is 0 Å². The molecule has 3 heterocycles. The van der Waals surface area contributed by atoms with E-state index in [0.29, 0.717) is 23.7 Å². The second kappa shape index (κ2) is 16.3. The fourth-order valence-electron chi connectivity index (χ4n) is 7.73. The Labute approximate surface area is 272 Å². The standard InChI is InChI=1S/C35H62N8O2/c1-26-7-9-28(10-8-26)34-31(22-42(6)18-16-37-4)23-43(40-34)20-27(2)32-24-44-35(45-25-32)13-11-29(12-14-35)33-30(19-38-39-33)21-41(5)17-15-36-3/h19,23,26-29,32,36-37H,7-18,20-22,24-25H2,1-6H3,(H,38,39). The third kappa shape index (κ3) is 9.17. The van der Waals surface area contributed by atoms with Gasteiger partial charge in [-0.2, -0.15) is 10.2 Å². The molecule has 1 atom stereocenters. The SMILES string of the molecule is CNCCN(C)Cc1cn(CC(C)C2COC3(CCC(c4[nH]ncc4CN(C)CCNC)CC3)OC2)nc1C1CCC(C)CC1. The molecular weight excluding hydrogens is 564 g/mol. The minimum absolute atomic E-state index is 0.380. The van der Waals surface area contributed by atoms with Crippen LogP contribution in [0.1, 0.15) is 99.6 Å².